The number of halogens is 1. The number of nitrogens with one attached hydrogen (secondary N) is 2. The van der Waals surface area contributed by atoms with E-state index in [1.54, 1.807) is 6.07 Å². The molecule has 0 amide bonds. The Kier molecular flexibility index (Phi) is 8.76. The monoisotopic (exact) mass is 462 g/mol. The second-order valence-electron chi connectivity index (χ2n) is 9.68. The molecule has 182 valence electrons. The summed E-state index contributed by atoms with van der Waals surface area (Å²) in [6.45, 7) is 12.6. The Morgan fingerprint density at radius 1 is 1.18 bits per heavy atom. The highest BCUT2D eigenvalue weighted by molar-refractivity contribution is 5.84. The Hall–Kier alpha value is -2.82. The smallest absolute Gasteiger partial charge is 0.123 e. The van der Waals surface area contributed by atoms with Crippen LogP contribution in [0.4, 0.5) is 4.39 Å². The van der Waals surface area contributed by atoms with E-state index in [0.717, 1.165) is 60.2 Å². The van der Waals surface area contributed by atoms with Crippen LogP contribution in [-0.4, -0.2) is 43.3 Å². The highest BCUT2D eigenvalue weighted by Crippen LogP contribution is 2.39. The molecule has 1 heterocycles. The van der Waals surface area contributed by atoms with Gasteiger partial charge in [-0.3, -0.25) is 5.41 Å². The van der Waals surface area contributed by atoms with Crippen molar-refractivity contribution in [1.29, 1.82) is 10.8 Å². The van der Waals surface area contributed by atoms with E-state index in [4.69, 9.17) is 10.8 Å². The van der Waals surface area contributed by atoms with Gasteiger partial charge < -0.3 is 15.3 Å². The summed E-state index contributed by atoms with van der Waals surface area (Å²) < 4.78 is 14.4. The number of aryl methyl sites for hydroxylation is 1. The highest BCUT2D eigenvalue weighted by Gasteiger charge is 2.38. The van der Waals surface area contributed by atoms with Gasteiger partial charge in [0.2, 0.25) is 0 Å². The van der Waals surface area contributed by atoms with Gasteiger partial charge in [0.1, 0.15) is 11.7 Å². The number of likely N-dealkylation sites (tertiary alicyclic amines) is 1. The first kappa shape index (κ1) is 25.8. The highest BCUT2D eigenvalue weighted by atomic mass is 19.1. The van der Waals surface area contributed by atoms with Gasteiger partial charge in [-0.1, -0.05) is 45.4 Å². The Labute approximate surface area is 204 Å². The van der Waals surface area contributed by atoms with Gasteiger partial charge in [-0.25, -0.2) is 4.39 Å². The van der Waals surface area contributed by atoms with E-state index in [-0.39, 0.29) is 11.7 Å². The number of hydrogen-bond donors (Lipinski definition) is 2. The lowest BCUT2D eigenvalue weighted by molar-refractivity contribution is 0.260. The number of nitrogens with zero attached hydrogens (tertiary/aromatic N) is 2. The van der Waals surface area contributed by atoms with Crippen LogP contribution >= 0.6 is 0 Å². The summed E-state index contributed by atoms with van der Waals surface area (Å²) in [5.74, 6) is 0.267. The minimum Gasteiger partial charge on any atom is -0.360 e. The molecule has 2 aromatic carbocycles. The summed E-state index contributed by atoms with van der Waals surface area (Å²) in [7, 11) is 0. The molecular weight excluding hydrogens is 423 g/mol. The van der Waals surface area contributed by atoms with Gasteiger partial charge in [0.05, 0.1) is 0 Å². The number of aliphatic imine (C=N–C) groups is 1. The molecule has 4 nitrogen and oxygen atoms in total. The average Bonchev–Trinajstić information content (AvgIpc) is 3.28. The van der Waals surface area contributed by atoms with Crippen molar-refractivity contribution in [2.75, 3.05) is 19.6 Å². The first-order valence-electron chi connectivity index (χ1n) is 12.6. The van der Waals surface area contributed by atoms with Crippen molar-refractivity contribution in [3.63, 3.8) is 0 Å². The van der Waals surface area contributed by atoms with E-state index in [0.29, 0.717) is 24.2 Å². The molecule has 0 aliphatic carbocycles. The Balaban J connectivity index is 1.92. The summed E-state index contributed by atoms with van der Waals surface area (Å²) >= 11 is 0. The largest absolute Gasteiger partial charge is 0.360 e. The summed E-state index contributed by atoms with van der Waals surface area (Å²) in [6.07, 6.45) is 7.40. The molecule has 0 saturated carbocycles. The number of amidine groups is 1. The molecule has 0 spiro atoms. The molecule has 0 radical (unpaired) electrons. The lowest BCUT2D eigenvalue weighted by Crippen LogP contribution is -2.38. The Morgan fingerprint density at radius 2 is 1.97 bits per heavy atom. The molecule has 1 aliphatic heterocycles. The van der Waals surface area contributed by atoms with E-state index in [1.165, 1.54) is 25.1 Å². The third-order valence-corrected chi connectivity index (χ3v) is 7.55. The summed E-state index contributed by atoms with van der Waals surface area (Å²) in [5.41, 5.74) is 5.12. The van der Waals surface area contributed by atoms with E-state index in [2.05, 4.69) is 37.4 Å². The van der Waals surface area contributed by atoms with Gasteiger partial charge in [-0.2, -0.15) is 0 Å². The van der Waals surface area contributed by atoms with Gasteiger partial charge in [0.15, 0.2) is 0 Å². The van der Waals surface area contributed by atoms with Gasteiger partial charge in [-0.05, 0) is 90.3 Å². The molecule has 3 rings (SSSR count). The molecule has 0 aromatic heterocycles. The minimum atomic E-state index is -0.266. The first-order valence-corrected chi connectivity index (χ1v) is 12.6. The third-order valence-electron chi connectivity index (χ3n) is 7.55. The molecule has 1 fully saturated rings. The van der Waals surface area contributed by atoms with Crippen molar-refractivity contribution in [2.24, 2.45) is 16.3 Å². The summed E-state index contributed by atoms with van der Waals surface area (Å²) in [5, 5.41) is 16.6. The zero-order chi connectivity index (χ0) is 24.7. The van der Waals surface area contributed by atoms with Crippen molar-refractivity contribution in [2.45, 2.75) is 59.3 Å². The SMILES string of the molecule is C=NCC(Cc1ccc(F)cc1-c1ccc(C=N)cc1CC)C(=N)N1CCC(CC)(CCC)C1. The maximum atomic E-state index is 14.4. The molecule has 0 bridgehead atoms. The van der Waals surface area contributed by atoms with Gasteiger partial charge in [-0.15, -0.1) is 0 Å². The van der Waals surface area contributed by atoms with Gasteiger partial charge in [0.25, 0.3) is 0 Å². The van der Waals surface area contributed by atoms with Crippen molar-refractivity contribution in [1.82, 2.24) is 4.90 Å². The molecule has 2 unspecified atom stereocenters. The molecule has 34 heavy (non-hydrogen) atoms. The van der Waals surface area contributed by atoms with Crippen LogP contribution < -0.4 is 0 Å². The zero-order valence-corrected chi connectivity index (χ0v) is 21.0. The molecule has 5 heteroatoms. The molecule has 2 aromatic rings. The maximum absolute atomic E-state index is 14.4. The average molecular weight is 463 g/mol. The predicted octanol–water partition coefficient (Wildman–Crippen LogP) is 6.79. The first-order chi connectivity index (χ1) is 16.4. The maximum Gasteiger partial charge on any atom is 0.123 e. The normalized spacial score (nSPS) is 18.6. The summed E-state index contributed by atoms with van der Waals surface area (Å²) in [4.78, 5) is 6.42. The Bertz CT molecular complexity index is 1030. The molecular formula is C29H39FN4. The van der Waals surface area contributed by atoms with Crippen LogP contribution in [-0.2, 0) is 12.8 Å². The Morgan fingerprint density at radius 3 is 2.62 bits per heavy atom. The van der Waals surface area contributed by atoms with Crippen molar-refractivity contribution in [3.05, 3.63) is 58.9 Å². The fraction of sp³-hybridized carbons (Fsp3) is 0.483. The molecule has 1 saturated heterocycles. The summed E-state index contributed by atoms with van der Waals surface area (Å²) in [6, 6.07) is 10.9. The molecule has 2 atom stereocenters. The van der Waals surface area contributed by atoms with Crippen molar-refractivity contribution >= 4 is 18.8 Å². The second kappa shape index (κ2) is 11.5. The third kappa shape index (κ3) is 5.63. The van der Waals surface area contributed by atoms with Crippen LogP contribution in [0.2, 0.25) is 0 Å². The fourth-order valence-corrected chi connectivity index (χ4v) is 5.50. The van der Waals surface area contributed by atoms with E-state index < -0.39 is 0 Å². The van der Waals surface area contributed by atoms with Crippen molar-refractivity contribution in [3.8, 4) is 11.1 Å². The lowest BCUT2D eigenvalue weighted by Gasteiger charge is -2.30. The quantitative estimate of drug-likeness (QED) is 0.280. The van der Waals surface area contributed by atoms with E-state index in [1.807, 2.05) is 24.3 Å². The van der Waals surface area contributed by atoms with Crippen LogP contribution in [0, 0.1) is 28.0 Å². The number of benzene rings is 2. The van der Waals surface area contributed by atoms with Crippen LogP contribution in [0.5, 0.6) is 0 Å². The van der Waals surface area contributed by atoms with Gasteiger partial charge in [0, 0.05) is 31.8 Å². The lowest BCUT2D eigenvalue weighted by atomic mass is 9.80. The predicted molar refractivity (Wildman–Crippen MR) is 142 cm³/mol. The van der Waals surface area contributed by atoms with Crippen LogP contribution in [0.25, 0.3) is 11.1 Å². The number of rotatable bonds is 11. The standard InChI is InChI=1S/C29H39FN4/c1-5-12-29(7-3)13-14-34(20-29)28(32)24(19-33-4)16-23-9-10-25(30)17-27(23)26-11-8-21(18-31)15-22(26)6-2/h8-11,15,17-18,24,31-32H,4-7,12-14,16,19-20H2,1-3H3. The van der Waals surface area contributed by atoms with Crippen molar-refractivity contribution < 1.29 is 4.39 Å². The van der Waals surface area contributed by atoms with Crippen LogP contribution in [0.15, 0.2) is 41.4 Å². The number of hydrogen-bond acceptors (Lipinski definition) is 3. The minimum absolute atomic E-state index is 0.0954. The molecule has 1 aliphatic rings. The second-order valence-corrected chi connectivity index (χ2v) is 9.68. The topological polar surface area (TPSA) is 63.3 Å². The fourth-order valence-electron chi connectivity index (χ4n) is 5.50. The van der Waals surface area contributed by atoms with Crippen LogP contribution in [0.3, 0.4) is 0 Å². The molecule has 2 N–H and O–H groups in total. The van der Waals surface area contributed by atoms with Gasteiger partial charge >= 0.3 is 0 Å². The van der Waals surface area contributed by atoms with Crippen LogP contribution in [0.1, 0.15) is 63.1 Å². The zero-order valence-electron chi connectivity index (χ0n) is 21.0. The van der Waals surface area contributed by atoms with E-state index in [9.17, 15) is 4.39 Å². The van der Waals surface area contributed by atoms with E-state index >= 15 is 0 Å².